The Morgan fingerprint density at radius 2 is 1.96 bits per heavy atom. The summed E-state index contributed by atoms with van der Waals surface area (Å²) in [6.45, 7) is 6.86. The van der Waals surface area contributed by atoms with Crippen LogP contribution in [0.1, 0.15) is 42.8 Å². The van der Waals surface area contributed by atoms with Crippen molar-refractivity contribution in [2.75, 3.05) is 13.1 Å². The van der Waals surface area contributed by atoms with Crippen LogP contribution in [0.25, 0.3) is 0 Å². The van der Waals surface area contributed by atoms with Gasteiger partial charge in [0, 0.05) is 31.4 Å². The van der Waals surface area contributed by atoms with Gasteiger partial charge in [-0.25, -0.2) is 4.68 Å². The molecule has 0 N–H and O–H groups in total. The molecule has 6 heteroatoms. The lowest BCUT2D eigenvalue weighted by Gasteiger charge is -2.31. The van der Waals surface area contributed by atoms with Gasteiger partial charge < -0.3 is 0 Å². The highest BCUT2D eigenvalue weighted by Crippen LogP contribution is 2.21. The van der Waals surface area contributed by atoms with Crippen LogP contribution in [0.2, 0.25) is 0 Å². The maximum absolute atomic E-state index is 11.9. The second-order valence-corrected chi connectivity index (χ2v) is 7.52. The van der Waals surface area contributed by atoms with E-state index in [4.69, 9.17) is 5.10 Å². The van der Waals surface area contributed by atoms with E-state index in [9.17, 15) is 4.79 Å². The summed E-state index contributed by atoms with van der Waals surface area (Å²) in [6.07, 6.45) is 5.97. The summed E-state index contributed by atoms with van der Waals surface area (Å²) in [6, 6.07) is 5.70. The van der Waals surface area contributed by atoms with E-state index in [0.29, 0.717) is 5.92 Å². The molecule has 2 aromatic rings. The Kier molecular flexibility index (Phi) is 4.70. The first-order valence-electron chi connectivity index (χ1n) is 9.50. The van der Waals surface area contributed by atoms with Gasteiger partial charge in [-0.3, -0.25) is 14.4 Å². The molecule has 0 aromatic carbocycles. The zero-order valence-corrected chi connectivity index (χ0v) is 15.0. The van der Waals surface area contributed by atoms with Crippen LogP contribution in [-0.2, 0) is 26.1 Å². The molecular formula is C19H27N5O. The molecule has 0 spiro atoms. The van der Waals surface area contributed by atoms with Gasteiger partial charge in [0.05, 0.1) is 11.4 Å². The van der Waals surface area contributed by atoms with E-state index >= 15 is 0 Å². The summed E-state index contributed by atoms with van der Waals surface area (Å²) in [7, 11) is 0. The van der Waals surface area contributed by atoms with Crippen LogP contribution in [0, 0.1) is 12.8 Å². The van der Waals surface area contributed by atoms with Crippen molar-refractivity contribution >= 4 is 0 Å². The molecule has 0 amide bonds. The Hall–Kier alpha value is -1.95. The highest BCUT2D eigenvalue weighted by atomic mass is 16.1. The van der Waals surface area contributed by atoms with Gasteiger partial charge >= 0.3 is 0 Å². The lowest BCUT2D eigenvalue weighted by molar-refractivity contribution is 0.161. The van der Waals surface area contributed by atoms with E-state index in [2.05, 4.69) is 20.7 Å². The molecule has 0 radical (unpaired) electrons. The van der Waals surface area contributed by atoms with Crippen LogP contribution in [-0.4, -0.2) is 37.6 Å². The molecular weight excluding hydrogens is 314 g/mol. The zero-order valence-electron chi connectivity index (χ0n) is 15.0. The lowest BCUT2D eigenvalue weighted by atomic mass is 9.96. The van der Waals surface area contributed by atoms with Gasteiger partial charge in [-0.1, -0.05) is 0 Å². The number of fused-ring (bicyclic) bond motifs is 1. The topological polar surface area (TPSA) is 56.0 Å². The van der Waals surface area contributed by atoms with E-state index < -0.39 is 0 Å². The Morgan fingerprint density at radius 1 is 1.12 bits per heavy atom. The molecule has 0 atom stereocenters. The van der Waals surface area contributed by atoms with Gasteiger partial charge in [0.1, 0.15) is 0 Å². The van der Waals surface area contributed by atoms with Gasteiger partial charge in [0.15, 0.2) is 0 Å². The Balaban J connectivity index is 1.31. The smallest absolute Gasteiger partial charge is 0.266 e. The monoisotopic (exact) mass is 341 g/mol. The number of hydrogen-bond donors (Lipinski definition) is 0. The molecule has 1 fully saturated rings. The highest BCUT2D eigenvalue weighted by molar-refractivity contribution is 5.12. The maximum Gasteiger partial charge on any atom is 0.266 e. The van der Waals surface area contributed by atoms with Gasteiger partial charge in [-0.2, -0.15) is 10.2 Å². The fourth-order valence-electron chi connectivity index (χ4n) is 4.04. The van der Waals surface area contributed by atoms with Crippen molar-refractivity contribution in [2.24, 2.45) is 5.92 Å². The first-order valence-corrected chi connectivity index (χ1v) is 9.50. The number of nitrogens with zero attached hydrogens (tertiary/aromatic N) is 5. The van der Waals surface area contributed by atoms with E-state index in [1.165, 1.54) is 30.7 Å². The number of aryl methyl sites for hydroxylation is 3. The summed E-state index contributed by atoms with van der Waals surface area (Å²) in [5.74, 6) is 0.540. The molecule has 0 unspecified atom stereocenters. The van der Waals surface area contributed by atoms with Gasteiger partial charge in [-0.05, 0) is 70.2 Å². The first-order chi connectivity index (χ1) is 12.2. The first kappa shape index (κ1) is 16.5. The molecule has 134 valence electrons. The average molecular weight is 341 g/mol. The molecule has 25 heavy (non-hydrogen) atoms. The van der Waals surface area contributed by atoms with Crippen molar-refractivity contribution in [3.8, 4) is 0 Å². The minimum Gasteiger partial charge on any atom is -0.297 e. The predicted octanol–water partition coefficient (Wildman–Crippen LogP) is 2.00. The second-order valence-electron chi connectivity index (χ2n) is 7.52. The predicted molar refractivity (Wildman–Crippen MR) is 96.4 cm³/mol. The Morgan fingerprint density at radius 3 is 2.76 bits per heavy atom. The lowest BCUT2D eigenvalue weighted by Crippen LogP contribution is -2.36. The molecule has 4 rings (SSSR count). The summed E-state index contributed by atoms with van der Waals surface area (Å²) in [4.78, 5) is 14.4. The van der Waals surface area contributed by atoms with Crippen LogP contribution in [0.4, 0.5) is 0 Å². The van der Waals surface area contributed by atoms with E-state index in [0.717, 1.165) is 51.3 Å². The fourth-order valence-corrected chi connectivity index (χ4v) is 4.04. The van der Waals surface area contributed by atoms with Crippen LogP contribution in [0.3, 0.4) is 0 Å². The quantitative estimate of drug-likeness (QED) is 0.853. The normalized spacial score (nSPS) is 19.1. The van der Waals surface area contributed by atoms with Crippen LogP contribution in [0.15, 0.2) is 23.0 Å². The van der Waals surface area contributed by atoms with Crippen molar-refractivity contribution in [2.45, 2.75) is 58.7 Å². The Bertz CT molecular complexity index is 762. The molecule has 6 nitrogen and oxygen atoms in total. The molecule has 0 saturated carbocycles. The zero-order chi connectivity index (χ0) is 17.2. The second kappa shape index (κ2) is 7.12. The minimum absolute atomic E-state index is 0.0108. The van der Waals surface area contributed by atoms with Gasteiger partial charge in [0.2, 0.25) is 0 Å². The van der Waals surface area contributed by atoms with Crippen molar-refractivity contribution in [3.63, 3.8) is 0 Å². The summed E-state index contributed by atoms with van der Waals surface area (Å²) < 4.78 is 3.83. The van der Waals surface area contributed by atoms with Gasteiger partial charge in [-0.15, -0.1) is 0 Å². The van der Waals surface area contributed by atoms with E-state index in [1.807, 2.05) is 6.92 Å². The van der Waals surface area contributed by atoms with E-state index in [1.54, 1.807) is 16.8 Å². The molecule has 2 aliphatic heterocycles. The minimum atomic E-state index is 0.0108. The molecule has 2 aliphatic rings. The third-order valence-electron chi connectivity index (χ3n) is 5.49. The molecule has 1 saturated heterocycles. The SMILES string of the molecule is Cc1ccc(=O)n(CC2CCN(Cc3cc4n(n3)CCCC4)CC2)n1. The number of likely N-dealkylation sites (tertiary alicyclic amines) is 1. The van der Waals surface area contributed by atoms with Crippen molar-refractivity contribution < 1.29 is 0 Å². The van der Waals surface area contributed by atoms with Crippen molar-refractivity contribution in [1.82, 2.24) is 24.5 Å². The number of hydrogen-bond acceptors (Lipinski definition) is 4. The van der Waals surface area contributed by atoms with Crippen LogP contribution >= 0.6 is 0 Å². The summed E-state index contributed by atoms with van der Waals surface area (Å²) in [5, 5.41) is 9.14. The number of piperidine rings is 1. The third kappa shape index (κ3) is 3.84. The molecule has 0 aliphatic carbocycles. The Labute approximate surface area is 148 Å². The summed E-state index contributed by atoms with van der Waals surface area (Å²) in [5.41, 5.74) is 3.53. The maximum atomic E-state index is 11.9. The van der Waals surface area contributed by atoms with E-state index in [-0.39, 0.29) is 5.56 Å². The molecule has 4 heterocycles. The van der Waals surface area contributed by atoms with Crippen molar-refractivity contribution in [3.05, 3.63) is 45.6 Å². The van der Waals surface area contributed by atoms with Crippen LogP contribution in [0.5, 0.6) is 0 Å². The van der Waals surface area contributed by atoms with Crippen LogP contribution < -0.4 is 5.56 Å². The third-order valence-corrected chi connectivity index (χ3v) is 5.49. The average Bonchev–Trinajstić information content (AvgIpc) is 3.02. The standard InChI is InChI=1S/C19H27N5O/c1-15-5-6-19(25)24(20-15)13-16-7-10-22(11-8-16)14-17-12-18-4-2-3-9-23(18)21-17/h5-6,12,16H,2-4,7-11,13-14H2,1H3. The highest BCUT2D eigenvalue weighted by Gasteiger charge is 2.22. The largest absolute Gasteiger partial charge is 0.297 e. The van der Waals surface area contributed by atoms with Gasteiger partial charge in [0.25, 0.3) is 5.56 Å². The van der Waals surface area contributed by atoms with Crippen molar-refractivity contribution in [1.29, 1.82) is 0 Å². The number of aromatic nitrogens is 4. The molecule has 0 bridgehead atoms. The molecule has 2 aromatic heterocycles. The summed E-state index contributed by atoms with van der Waals surface area (Å²) >= 11 is 0. The number of rotatable bonds is 4. The fraction of sp³-hybridized carbons (Fsp3) is 0.632.